The van der Waals surface area contributed by atoms with E-state index in [2.05, 4.69) is 14.5 Å². The fourth-order valence-corrected chi connectivity index (χ4v) is 3.16. The number of hydrogen-bond acceptors (Lipinski definition) is 6. The molecule has 0 N–H and O–H groups in total. The lowest BCUT2D eigenvalue weighted by atomic mass is 9.96. The zero-order valence-corrected chi connectivity index (χ0v) is 17.5. The average Bonchev–Trinajstić information content (AvgIpc) is 3.53. The largest absolute Gasteiger partial charge is 0.618 e. The SMILES string of the molecule is CCCc1nc(C(OCOC)(C(F)(F)F)C(F)(F)F)ccc1Oc1ccc(C2CO2)[n+]([O-])c1. The van der Waals surface area contributed by atoms with Gasteiger partial charge in [-0.1, -0.05) is 13.3 Å². The second kappa shape index (κ2) is 9.31. The predicted molar refractivity (Wildman–Crippen MR) is 99.2 cm³/mol. The zero-order chi connectivity index (χ0) is 24.4. The molecule has 2 aromatic rings. The number of epoxide rings is 1. The summed E-state index contributed by atoms with van der Waals surface area (Å²) in [6.07, 6.45) is -10.7. The van der Waals surface area contributed by atoms with E-state index in [1.54, 1.807) is 6.92 Å². The molecule has 3 rings (SSSR count). The number of halogens is 6. The van der Waals surface area contributed by atoms with Gasteiger partial charge >= 0.3 is 18.0 Å². The van der Waals surface area contributed by atoms with Gasteiger partial charge in [0.1, 0.15) is 12.5 Å². The quantitative estimate of drug-likeness (QED) is 0.173. The number of aryl methyl sites for hydroxylation is 1. The topological polar surface area (TPSA) is 80.0 Å². The van der Waals surface area contributed by atoms with E-state index in [1.165, 1.54) is 12.1 Å². The molecular weight excluding hydrogens is 462 g/mol. The molecule has 33 heavy (non-hydrogen) atoms. The summed E-state index contributed by atoms with van der Waals surface area (Å²) in [6, 6.07) is 4.36. The second-order valence-electron chi connectivity index (χ2n) is 7.16. The Hall–Kier alpha value is -2.64. The molecule has 1 saturated heterocycles. The van der Waals surface area contributed by atoms with Crippen LogP contribution in [0.4, 0.5) is 26.3 Å². The monoisotopic (exact) mass is 482 g/mol. The standard InChI is InChI=1S/C20H20F6N2O5/c1-3-4-13-15(33-12-5-6-14(16-10-31-16)28(29)9-12)7-8-17(27-13)18(19(21,22)23,20(24,25)26)32-11-30-2/h5-9,16H,3-4,10-11H2,1-2H3. The van der Waals surface area contributed by atoms with E-state index < -0.39 is 30.4 Å². The summed E-state index contributed by atoms with van der Waals surface area (Å²) in [5.41, 5.74) is -5.93. The molecule has 0 bridgehead atoms. The van der Waals surface area contributed by atoms with E-state index in [4.69, 9.17) is 9.47 Å². The fraction of sp³-hybridized carbons (Fsp3) is 0.500. The molecule has 1 atom stereocenters. The van der Waals surface area contributed by atoms with Crippen LogP contribution in [0.15, 0.2) is 30.5 Å². The van der Waals surface area contributed by atoms with Crippen molar-refractivity contribution in [3.63, 3.8) is 0 Å². The summed E-state index contributed by atoms with van der Waals surface area (Å²) in [6.45, 7) is 0.790. The van der Waals surface area contributed by atoms with Crippen LogP contribution < -0.4 is 9.47 Å². The highest BCUT2D eigenvalue weighted by molar-refractivity contribution is 5.36. The number of methoxy groups -OCH3 is 1. The highest BCUT2D eigenvalue weighted by atomic mass is 19.4. The Kier molecular flexibility index (Phi) is 7.05. The van der Waals surface area contributed by atoms with Crippen LogP contribution >= 0.6 is 0 Å². The highest BCUT2D eigenvalue weighted by Crippen LogP contribution is 2.52. The number of rotatable bonds is 9. The molecule has 0 aromatic carbocycles. The number of alkyl halides is 6. The van der Waals surface area contributed by atoms with E-state index in [9.17, 15) is 31.5 Å². The summed E-state index contributed by atoms with van der Waals surface area (Å²) in [5.74, 6) is -0.0733. The first-order valence-electron chi connectivity index (χ1n) is 9.74. The molecule has 182 valence electrons. The Balaban J connectivity index is 2.03. The van der Waals surface area contributed by atoms with Crippen LogP contribution in [0, 0.1) is 5.21 Å². The lowest BCUT2D eigenvalue weighted by Crippen LogP contribution is -2.56. The predicted octanol–water partition coefficient (Wildman–Crippen LogP) is 4.47. The van der Waals surface area contributed by atoms with Crippen molar-refractivity contribution in [1.82, 2.24) is 4.98 Å². The third-order valence-corrected chi connectivity index (χ3v) is 4.78. The highest BCUT2D eigenvalue weighted by Gasteiger charge is 2.74. The fourth-order valence-electron chi connectivity index (χ4n) is 3.16. The summed E-state index contributed by atoms with van der Waals surface area (Å²) >= 11 is 0. The van der Waals surface area contributed by atoms with Gasteiger partial charge in [-0.2, -0.15) is 31.1 Å². The minimum absolute atomic E-state index is 0.00458. The third-order valence-electron chi connectivity index (χ3n) is 4.78. The maximum absolute atomic E-state index is 13.8. The Morgan fingerprint density at radius 1 is 1.12 bits per heavy atom. The van der Waals surface area contributed by atoms with Gasteiger partial charge in [0.05, 0.1) is 18.0 Å². The number of hydrogen-bond donors (Lipinski definition) is 0. The van der Waals surface area contributed by atoms with Crippen molar-refractivity contribution >= 4 is 0 Å². The molecule has 3 heterocycles. The van der Waals surface area contributed by atoms with Crippen LogP contribution in [0.1, 0.15) is 36.5 Å². The molecule has 1 fully saturated rings. The third kappa shape index (κ3) is 4.99. The molecule has 0 amide bonds. The van der Waals surface area contributed by atoms with Crippen LogP contribution in [-0.4, -0.2) is 37.8 Å². The molecule has 0 spiro atoms. The maximum Gasteiger partial charge on any atom is 0.432 e. The van der Waals surface area contributed by atoms with Crippen molar-refractivity contribution in [1.29, 1.82) is 0 Å². The molecule has 7 nitrogen and oxygen atoms in total. The summed E-state index contributed by atoms with van der Waals surface area (Å²) in [4.78, 5) is 3.64. The van der Waals surface area contributed by atoms with Crippen molar-refractivity contribution in [3.05, 3.63) is 52.8 Å². The molecule has 2 aromatic heterocycles. The van der Waals surface area contributed by atoms with E-state index in [0.717, 1.165) is 19.4 Å². The number of nitrogens with zero attached hydrogens (tertiary/aromatic N) is 2. The van der Waals surface area contributed by atoms with Crippen molar-refractivity contribution in [2.24, 2.45) is 0 Å². The molecule has 1 aliphatic rings. The lowest BCUT2D eigenvalue weighted by molar-refractivity contribution is -0.615. The second-order valence-corrected chi connectivity index (χ2v) is 7.16. The van der Waals surface area contributed by atoms with E-state index in [0.29, 0.717) is 29.5 Å². The minimum atomic E-state index is -5.89. The van der Waals surface area contributed by atoms with Gasteiger partial charge < -0.3 is 24.2 Å². The van der Waals surface area contributed by atoms with Crippen molar-refractivity contribution in [2.75, 3.05) is 20.5 Å². The number of pyridine rings is 2. The van der Waals surface area contributed by atoms with E-state index >= 15 is 0 Å². The summed E-state index contributed by atoms with van der Waals surface area (Å²) < 4.78 is 102. The van der Waals surface area contributed by atoms with Gasteiger partial charge in [-0.25, -0.2) is 0 Å². The first-order chi connectivity index (χ1) is 15.4. The Bertz CT molecular complexity index is 964. The summed E-state index contributed by atoms with van der Waals surface area (Å²) in [5, 5.41) is 12.1. The van der Waals surface area contributed by atoms with Crippen LogP contribution in [-0.2, 0) is 26.2 Å². The average molecular weight is 482 g/mol. The molecule has 1 aliphatic heterocycles. The van der Waals surface area contributed by atoms with Crippen LogP contribution in [0.5, 0.6) is 11.5 Å². The first kappa shape index (κ1) is 25.0. The van der Waals surface area contributed by atoms with Gasteiger partial charge in [0.15, 0.2) is 11.9 Å². The Morgan fingerprint density at radius 3 is 2.30 bits per heavy atom. The minimum Gasteiger partial charge on any atom is -0.618 e. The molecule has 0 saturated carbocycles. The molecular formula is C20H20F6N2O5. The van der Waals surface area contributed by atoms with Gasteiger partial charge in [0, 0.05) is 13.2 Å². The maximum atomic E-state index is 13.8. The Labute approximate surface area is 184 Å². The van der Waals surface area contributed by atoms with Crippen LogP contribution in [0.3, 0.4) is 0 Å². The van der Waals surface area contributed by atoms with Crippen LogP contribution in [0.2, 0.25) is 0 Å². The summed E-state index contributed by atoms with van der Waals surface area (Å²) in [7, 11) is 0.896. The van der Waals surface area contributed by atoms with Crippen molar-refractivity contribution < 1.29 is 50.0 Å². The zero-order valence-electron chi connectivity index (χ0n) is 17.5. The smallest absolute Gasteiger partial charge is 0.432 e. The van der Waals surface area contributed by atoms with E-state index in [1.807, 2.05) is 0 Å². The first-order valence-corrected chi connectivity index (χ1v) is 9.74. The van der Waals surface area contributed by atoms with Crippen LogP contribution in [0.25, 0.3) is 0 Å². The number of aromatic nitrogens is 2. The van der Waals surface area contributed by atoms with Gasteiger partial charge in [-0.3, -0.25) is 4.98 Å². The van der Waals surface area contributed by atoms with Crippen molar-refractivity contribution in [3.8, 4) is 11.5 Å². The molecule has 0 aliphatic carbocycles. The number of ether oxygens (including phenoxy) is 4. The van der Waals surface area contributed by atoms with Gasteiger partial charge in [-0.15, -0.1) is 0 Å². The normalized spacial score (nSPS) is 16.7. The van der Waals surface area contributed by atoms with Gasteiger partial charge in [0.2, 0.25) is 11.9 Å². The molecule has 1 unspecified atom stereocenters. The van der Waals surface area contributed by atoms with E-state index in [-0.39, 0.29) is 29.7 Å². The van der Waals surface area contributed by atoms with Gasteiger partial charge in [-0.05, 0) is 24.6 Å². The Morgan fingerprint density at radius 2 is 1.79 bits per heavy atom. The molecule has 13 heteroatoms. The van der Waals surface area contributed by atoms with Gasteiger partial charge in [0.25, 0.3) is 0 Å². The van der Waals surface area contributed by atoms with Crippen molar-refractivity contribution in [2.45, 2.75) is 43.8 Å². The molecule has 0 radical (unpaired) electrons. The lowest BCUT2D eigenvalue weighted by Gasteiger charge is -2.36.